The minimum absolute atomic E-state index is 0.0120. The van der Waals surface area contributed by atoms with Crippen LogP contribution in [0, 0.1) is 0 Å². The molecular formula is C22H28N2O3S. The van der Waals surface area contributed by atoms with E-state index in [1.165, 1.54) is 0 Å². The third-order valence-corrected chi connectivity index (χ3v) is 7.66. The molecule has 150 valence electrons. The summed E-state index contributed by atoms with van der Waals surface area (Å²) >= 11 is 0. The molecule has 0 spiro atoms. The molecule has 28 heavy (non-hydrogen) atoms. The van der Waals surface area contributed by atoms with Gasteiger partial charge in [-0.05, 0) is 56.5 Å². The first-order valence-electron chi connectivity index (χ1n) is 9.76. The maximum absolute atomic E-state index is 12.9. The van der Waals surface area contributed by atoms with Gasteiger partial charge in [-0.15, -0.1) is 0 Å². The molecule has 0 saturated carbocycles. The van der Waals surface area contributed by atoms with E-state index in [0.717, 1.165) is 24.8 Å². The van der Waals surface area contributed by atoms with Crippen LogP contribution >= 0.6 is 0 Å². The number of carbonyl (C=O) groups excluding carboxylic acids is 1. The monoisotopic (exact) mass is 400 g/mol. The minimum atomic E-state index is -3.52. The molecule has 1 saturated heterocycles. The number of sulfonamides is 1. The van der Waals surface area contributed by atoms with E-state index >= 15 is 0 Å². The Morgan fingerprint density at radius 2 is 1.71 bits per heavy atom. The van der Waals surface area contributed by atoms with Crippen molar-refractivity contribution < 1.29 is 13.2 Å². The number of carbonyl (C=O) groups is 1. The first-order chi connectivity index (χ1) is 13.3. The number of amides is 1. The van der Waals surface area contributed by atoms with Gasteiger partial charge in [-0.3, -0.25) is 4.79 Å². The quantitative estimate of drug-likeness (QED) is 0.760. The smallest absolute Gasteiger partial charge is 0.254 e. The second kappa shape index (κ2) is 8.45. The summed E-state index contributed by atoms with van der Waals surface area (Å²) < 4.78 is 27.5. The molecule has 0 aromatic heterocycles. The first-order valence-corrected chi connectivity index (χ1v) is 11.2. The van der Waals surface area contributed by atoms with Gasteiger partial charge in [0.1, 0.15) is 0 Å². The predicted molar refractivity (Wildman–Crippen MR) is 111 cm³/mol. The van der Waals surface area contributed by atoms with Crippen LogP contribution in [-0.2, 0) is 10.0 Å². The maximum atomic E-state index is 12.9. The van der Waals surface area contributed by atoms with Gasteiger partial charge in [0.15, 0.2) is 0 Å². The van der Waals surface area contributed by atoms with Gasteiger partial charge in [0.25, 0.3) is 5.91 Å². The van der Waals surface area contributed by atoms with E-state index in [9.17, 15) is 13.2 Å². The normalized spacial score (nSPS) is 19.2. The molecule has 3 rings (SSSR count). The molecule has 1 heterocycles. The molecule has 2 aromatic carbocycles. The maximum Gasteiger partial charge on any atom is 0.254 e. The van der Waals surface area contributed by atoms with Gasteiger partial charge in [0.2, 0.25) is 10.0 Å². The van der Waals surface area contributed by atoms with Crippen molar-refractivity contribution in [3.63, 3.8) is 0 Å². The van der Waals surface area contributed by atoms with Gasteiger partial charge < -0.3 is 4.90 Å². The van der Waals surface area contributed by atoms with E-state index in [2.05, 4.69) is 0 Å². The Kier molecular flexibility index (Phi) is 6.20. The molecule has 2 unspecified atom stereocenters. The lowest BCUT2D eigenvalue weighted by molar-refractivity contribution is 0.0742. The Morgan fingerprint density at radius 3 is 2.32 bits per heavy atom. The SMILES string of the molecule is CC(c1ccccc1)N(C)C(=O)c1ccc(S(=O)(=O)N2CCCCC2C)cc1. The van der Waals surface area contributed by atoms with Crippen molar-refractivity contribution in [2.24, 2.45) is 0 Å². The molecule has 0 bridgehead atoms. The lowest BCUT2D eigenvalue weighted by atomic mass is 10.1. The minimum Gasteiger partial charge on any atom is -0.335 e. The molecule has 0 N–H and O–H groups in total. The van der Waals surface area contributed by atoms with E-state index in [0.29, 0.717) is 12.1 Å². The van der Waals surface area contributed by atoms with Crippen LogP contribution in [0.5, 0.6) is 0 Å². The van der Waals surface area contributed by atoms with Crippen LogP contribution in [0.15, 0.2) is 59.5 Å². The van der Waals surface area contributed by atoms with Crippen LogP contribution in [-0.4, -0.2) is 43.2 Å². The van der Waals surface area contributed by atoms with Gasteiger partial charge in [0.05, 0.1) is 10.9 Å². The summed E-state index contributed by atoms with van der Waals surface area (Å²) in [7, 11) is -1.76. The van der Waals surface area contributed by atoms with Crippen LogP contribution in [0.25, 0.3) is 0 Å². The number of hydrogen-bond donors (Lipinski definition) is 0. The largest absolute Gasteiger partial charge is 0.335 e. The van der Waals surface area contributed by atoms with E-state index in [1.54, 1.807) is 40.5 Å². The van der Waals surface area contributed by atoms with Crippen molar-refractivity contribution in [1.82, 2.24) is 9.21 Å². The lowest BCUT2D eigenvalue weighted by Gasteiger charge is -2.32. The van der Waals surface area contributed by atoms with E-state index in [1.807, 2.05) is 44.2 Å². The Morgan fingerprint density at radius 1 is 1.07 bits per heavy atom. The first kappa shape index (κ1) is 20.6. The van der Waals surface area contributed by atoms with Crippen molar-refractivity contribution in [2.75, 3.05) is 13.6 Å². The third-order valence-electron chi connectivity index (χ3n) is 5.63. The fourth-order valence-electron chi connectivity index (χ4n) is 3.67. The van der Waals surface area contributed by atoms with Gasteiger partial charge in [-0.1, -0.05) is 36.8 Å². The summed E-state index contributed by atoms with van der Waals surface area (Å²) in [5.74, 6) is -0.133. The van der Waals surface area contributed by atoms with E-state index < -0.39 is 10.0 Å². The van der Waals surface area contributed by atoms with Gasteiger partial charge in [0, 0.05) is 25.2 Å². The standard InChI is InChI=1S/C22H28N2O3S/c1-17-9-7-8-16-24(17)28(26,27)21-14-12-20(13-15-21)22(25)23(3)18(2)19-10-5-4-6-11-19/h4-6,10-15,17-18H,7-9,16H2,1-3H3. The molecule has 2 atom stereocenters. The summed E-state index contributed by atoms with van der Waals surface area (Å²) in [6.07, 6.45) is 2.84. The molecule has 1 fully saturated rings. The molecule has 1 aliphatic heterocycles. The zero-order valence-electron chi connectivity index (χ0n) is 16.7. The fourth-order valence-corrected chi connectivity index (χ4v) is 5.37. The highest BCUT2D eigenvalue weighted by atomic mass is 32.2. The Bertz CT molecular complexity index is 911. The average Bonchev–Trinajstić information content (AvgIpc) is 2.73. The van der Waals surface area contributed by atoms with Crippen molar-refractivity contribution >= 4 is 15.9 Å². The van der Waals surface area contributed by atoms with Crippen molar-refractivity contribution in [3.05, 3.63) is 65.7 Å². The number of rotatable bonds is 5. The molecule has 2 aromatic rings. The Hall–Kier alpha value is -2.18. The van der Waals surface area contributed by atoms with E-state index in [4.69, 9.17) is 0 Å². The number of nitrogens with zero attached hydrogens (tertiary/aromatic N) is 2. The fraction of sp³-hybridized carbons (Fsp3) is 0.409. The highest BCUT2D eigenvalue weighted by Crippen LogP contribution is 2.26. The van der Waals surface area contributed by atoms with Crippen LogP contribution in [0.4, 0.5) is 0 Å². The Balaban J connectivity index is 1.77. The van der Waals surface area contributed by atoms with Crippen LogP contribution in [0.2, 0.25) is 0 Å². The topological polar surface area (TPSA) is 57.7 Å². The summed E-state index contributed by atoms with van der Waals surface area (Å²) in [4.78, 5) is 14.8. The second-order valence-electron chi connectivity index (χ2n) is 7.49. The van der Waals surface area contributed by atoms with Gasteiger partial charge in [-0.25, -0.2) is 8.42 Å². The summed E-state index contributed by atoms with van der Waals surface area (Å²) in [6.45, 7) is 4.49. The van der Waals surface area contributed by atoms with Crippen LogP contribution in [0.1, 0.15) is 55.1 Å². The van der Waals surface area contributed by atoms with Crippen molar-refractivity contribution in [1.29, 1.82) is 0 Å². The molecule has 5 nitrogen and oxygen atoms in total. The van der Waals surface area contributed by atoms with Crippen LogP contribution < -0.4 is 0 Å². The molecular weight excluding hydrogens is 372 g/mol. The van der Waals surface area contributed by atoms with Gasteiger partial charge in [-0.2, -0.15) is 4.31 Å². The average molecular weight is 401 g/mol. The Labute approximate surface area is 168 Å². The molecule has 0 radical (unpaired) electrons. The van der Waals surface area contributed by atoms with Gasteiger partial charge >= 0.3 is 0 Å². The molecule has 6 heteroatoms. The highest BCUT2D eigenvalue weighted by molar-refractivity contribution is 7.89. The summed E-state index contributed by atoms with van der Waals surface area (Å²) in [6, 6.07) is 16.1. The lowest BCUT2D eigenvalue weighted by Crippen LogP contribution is -2.41. The molecule has 0 aliphatic carbocycles. The number of hydrogen-bond acceptors (Lipinski definition) is 3. The molecule has 1 aliphatic rings. The predicted octanol–water partition coefficient (Wildman–Crippen LogP) is 4.08. The second-order valence-corrected chi connectivity index (χ2v) is 9.38. The number of benzene rings is 2. The summed E-state index contributed by atoms with van der Waals surface area (Å²) in [5.41, 5.74) is 1.53. The van der Waals surface area contributed by atoms with Crippen molar-refractivity contribution in [2.45, 2.75) is 50.1 Å². The van der Waals surface area contributed by atoms with Crippen molar-refractivity contribution in [3.8, 4) is 0 Å². The molecule has 1 amide bonds. The van der Waals surface area contributed by atoms with Crippen LogP contribution in [0.3, 0.4) is 0 Å². The zero-order valence-corrected chi connectivity index (χ0v) is 17.5. The third kappa shape index (κ3) is 4.13. The van der Waals surface area contributed by atoms with E-state index in [-0.39, 0.29) is 22.9 Å². The highest BCUT2D eigenvalue weighted by Gasteiger charge is 2.31. The zero-order chi connectivity index (χ0) is 20.3. The number of piperidine rings is 1. The summed E-state index contributed by atoms with van der Waals surface area (Å²) in [5, 5.41) is 0.